The van der Waals surface area contributed by atoms with E-state index in [2.05, 4.69) is 5.32 Å². The van der Waals surface area contributed by atoms with Gasteiger partial charge in [-0.2, -0.15) is 0 Å². The van der Waals surface area contributed by atoms with Crippen molar-refractivity contribution >= 4 is 5.91 Å². The predicted octanol–water partition coefficient (Wildman–Crippen LogP) is 1.48. The van der Waals surface area contributed by atoms with Crippen LogP contribution < -0.4 is 14.8 Å². The molecule has 0 radical (unpaired) electrons. The molecule has 0 aromatic heterocycles. The fourth-order valence-electron chi connectivity index (χ4n) is 1.54. The number of benzene rings is 1. The molecular formula is C14H21NO4. The highest BCUT2D eigenvalue weighted by atomic mass is 16.5. The number of amides is 1. The molecule has 5 nitrogen and oxygen atoms in total. The Morgan fingerprint density at radius 1 is 1.47 bits per heavy atom. The summed E-state index contributed by atoms with van der Waals surface area (Å²) in [6, 6.07) is 5.11. The average molecular weight is 267 g/mol. The van der Waals surface area contributed by atoms with Crippen molar-refractivity contribution < 1.29 is 19.4 Å². The largest absolute Gasteiger partial charge is 0.497 e. The van der Waals surface area contributed by atoms with E-state index >= 15 is 0 Å². The Kier molecular flexibility index (Phi) is 6.15. The van der Waals surface area contributed by atoms with Gasteiger partial charge in [-0.05, 0) is 25.5 Å². The Morgan fingerprint density at radius 2 is 2.21 bits per heavy atom. The highest BCUT2D eigenvalue weighted by molar-refractivity contribution is 5.80. The third-order valence-corrected chi connectivity index (χ3v) is 2.67. The second-order valence-electron chi connectivity index (χ2n) is 4.18. The minimum atomic E-state index is -0.621. The van der Waals surface area contributed by atoms with Crippen molar-refractivity contribution in [3.05, 3.63) is 23.8 Å². The van der Waals surface area contributed by atoms with Crippen LogP contribution in [0.1, 0.15) is 25.8 Å². The van der Waals surface area contributed by atoms with Gasteiger partial charge in [-0.25, -0.2) is 0 Å². The van der Waals surface area contributed by atoms with E-state index < -0.39 is 6.10 Å². The fourth-order valence-corrected chi connectivity index (χ4v) is 1.54. The van der Waals surface area contributed by atoms with Crippen molar-refractivity contribution in [2.24, 2.45) is 0 Å². The third kappa shape index (κ3) is 4.44. The minimum absolute atomic E-state index is 0.150. The summed E-state index contributed by atoms with van der Waals surface area (Å²) in [6.07, 6.45) is 0.253. The second kappa shape index (κ2) is 7.63. The van der Waals surface area contributed by atoms with Crippen molar-refractivity contribution in [3.8, 4) is 11.5 Å². The molecule has 1 aromatic carbocycles. The van der Waals surface area contributed by atoms with Crippen LogP contribution in [0.3, 0.4) is 0 Å². The lowest BCUT2D eigenvalue weighted by Gasteiger charge is -2.17. The van der Waals surface area contributed by atoms with Crippen molar-refractivity contribution in [1.82, 2.24) is 5.32 Å². The van der Waals surface area contributed by atoms with E-state index in [1.165, 1.54) is 0 Å². The summed E-state index contributed by atoms with van der Waals surface area (Å²) >= 11 is 0. The highest BCUT2D eigenvalue weighted by Crippen LogP contribution is 2.25. The standard InChI is InChI=1S/C14H21NO4/c1-4-7-15-14(17)10(2)19-13-8-12(18-3)6-5-11(13)9-16/h5-6,8,10,16H,4,7,9H2,1-3H3,(H,15,17). The van der Waals surface area contributed by atoms with E-state index in [0.717, 1.165) is 6.42 Å². The fraction of sp³-hybridized carbons (Fsp3) is 0.500. The van der Waals surface area contributed by atoms with E-state index in [4.69, 9.17) is 9.47 Å². The highest BCUT2D eigenvalue weighted by Gasteiger charge is 2.16. The zero-order valence-electron chi connectivity index (χ0n) is 11.6. The zero-order valence-corrected chi connectivity index (χ0v) is 11.6. The van der Waals surface area contributed by atoms with Crippen LogP contribution in [-0.2, 0) is 11.4 Å². The molecule has 1 amide bonds. The Hall–Kier alpha value is -1.75. The quantitative estimate of drug-likeness (QED) is 0.785. The molecule has 1 unspecified atom stereocenters. The molecule has 0 bridgehead atoms. The molecule has 0 fully saturated rings. The lowest BCUT2D eigenvalue weighted by atomic mass is 10.2. The summed E-state index contributed by atoms with van der Waals surface area (Å²) in [4.78, 5) is 11.7. The molecule has 0 saturated carbocycles. The zero-order chi connectivity index (χ0) is 14.3. The number of carbonyl (C=O) groups excluding carboxylic acids is 1. The van der Waals surface area contributed by atoms with Gasteiger partial charge in [-0.1, -0.05) is 6.92 Å². The molecule has 1 aromatic rings. The number of methoxy groups -OCH3 is 1. The van der Waals surface area contributed by atoms with E-state index in [9.17, 15) is 9.90 Å². The lowest BCUT2D eigenvalue weighted by molar-refractivity contribution is -0.127. The van der Waals surface area contributed by atoms with E-state index in [-0.39, 0.29) is 12.5 Å². The maximum absolute atomic E-state index is 11.7. The van der Waals surface area contributed by atoms with Crippen molar-refractivity contribution in [3.63, 3.8) is 0 Å². The lowest BCUT2D eigenvalue weighted by Crippen LogP contribution is -2.36. The van der Waals surface area contributed by atoms with Gasteiger partial charge >= 0.3 is 0 Å². The molecule has 5 heteroatoms. The molecule has 0 aliphatic carbocycles. The van der Waals surface area contributed by atoms with Crippen LogP contribution in [0.2, 0.25) is 0 Å². The van der Waals surface area contributed by atoms with Crippen molar-refractivity contribution in [1.29, 1.82) is 0 Å². The first-order valence-electron chi connectivity index (χ1n) is 6.34. The molecule has 0 aliphatic heterocycles. The Bertz CT molecular complexity index is 420. The van der Waals surface area contributed by atoms with Crippen LogP contribution in [0.5, 0.6) is 11.5 Å². The van der Waals surface area contributed by atoms with Gasteiger partial charge in [0.15, 0.2) is 6.10 Å². The molecule has 0 aliphatic rings. The van der Waals surface area contributed by atoms with Crippen LogP contribution in [0, 0.1) is 0 Å². The average Bonchev–Trinajstić information content (AvgIpc) is 2.44. The molecule has 0 heterocycles. The number of ether oxygens (including phenoxy) is 2. The van der Waals surface area contributed by atoms with Crippen molar-refractivity contribution in [2.45, 2.75) is 33.0 Å². The van der Waals surface area contributed by atoms with Gasteiger partial charge in [0, 0.05) is 18.2 Å². The van der Waals surface area contributed by atoms with E-state index in [1.54, 1.807) is 32.2 Å². The van der Waals surface area contributed by atoms with Crippen LogP contribution in [0.25, 0.3) is 0 Å². The summed E-state index contributed by atoms with van der Waals surface area (Å²) in [5.74, 6) is 0.905. The Labute approximate surface area is 113 Å². The van der Waals surface area contributed by atoms with Gasteiger partial charge in [0.05, 0.1) is 13.7 Å². The normalized spacial score (nSPS) is 11.8. The molecule has 1 rings (SSSR count). The van der Waals surface area contributed by atoms with Crippen LogP contribution in [0.15, 0.2) is 18.2 Å². The molecular weight excluding hydrogens is 246 g/mol. The number of carbonyl (C=O) groups is 1. The molecule has 106 valence electrons. The number of aliphatic hydroxyl groups is 1. The van der Waals surface area contributed by atoms with Gasteiger partial charge in [0.2, 0.25) is 0 Å². The number of nitrogens with one attached hydrogen (secondary N) is 1. The second-order valence-corrected chi connectivity index (χ2v) is 4.18. The summed E-state index contributed by atoms with van der Waals surface area (Å²) in [6.45, 7) is 4.13. The van der Waals surface area contributed by atoms with E-state index in [1.807, 2.05) is 6.92 Å². The topological polar surface area (TPSA) is 67.8 Å². The van der Waals surface area contributed by atoms with Gasteiger partial charge < -0.3 is 19.9 Å². The number of hydrogen-bond acceptors (Lipinski definition) is 4. The maximum Gasteiger partial charge on any atom is 0.260 e. The molecule has 19 heavy (non-hydrogen) atoms. The van der Waals surface area contributed by atoms with Gasteiger partial charge in [-0.3, -0.25) is 4.79 Å². The summed E-state index contributed by atoms with van der Waals surface area (Å²) < 4.78 is 10.7. The van der Waals surface area contributed by atoms with Crippen molar-refractivity contribution in [2.75, 3.05) is 13.7 Å². The molecule has 2 N–H and O–H groups in total. The van der Waals surface area contributed by atoms with Crippen LogP contribution >= 0.6 is 0 Å². The van der Waals surface area contributed by atoms with Crippen LogP contribution in [0.4, 0.5) is 0 Å². The monoisotopic (exact) mass is 267 g/mol. The predicted molar refractivity (Wildman–Crippen MR) is 72.3 cm³/mol. The molecule has 0 saturated heterocycles. The Morgan fingerprint density at radius 3 is 2.79 bits per heavy atom. The van der Waals surface area contributed by atoms with Gasteiger partial charge in [0.1, 0.15) is 11.5 Å². The first kappa shape index (κ1) is 15.3. The van der Waals surface area contributed by atoms with E-state index in [0.29, 0.717) is 23.6 Å². The van der Waals surface area contributed by atoms with Gasteiger partial charge in [0.25, 0.3) is 5.91 Å². The SMILES string of the molecule is CCCNC(=O)C(C)Oc1cc(OC)ccc1CO. The summed E-state index contributed by atoms with van der Waals surface area (Å²) in [5.41, 5.74) is 0.621. The Balaban J connectivity index is 2.76. The molecule has 0 spiro atoms. The maximum atomic E-state index is 11.7. The minimum Gasteiger partial charge on any atom is -0.497 e. The van der Waals surface area contributed by atoms with Gasteiger partial charge in [-0.15, -0.1) is 0 Å². The summed E-state index contributed by atoms with van der Waals surface area (Å²) in [7, 11) is 1.55. The summed E-state index contributed by atoms with van der Waals surface area (Å²) in [5, 5.41) is 12.0. The number of rotatable bonds is 7. The third-order valence-electron chi connectivity index (χ3n) is 2.67. The first-order valence-corrected chi connectivity index (χ1v) is 6.34. The first-order chi connectivity index (χ1) is 9.12. The number of aliphatic hydroxyl groups excluding tert-OH is 1. The number of hydrogen-bond donors (Lipinski definition) is 2. The smallest absolute Gasteiger partial charge is 0.260 e. The van der Waals surface area contributed by atoms with Crippen LogP contribution in [-0.4, -0.2) is 30.8 Å². The molecule has 1 atom stereocenters.